The van der Waals surface area contributed by atoms with Gasteiger partial charge in [0.25, 0.3) is 0 Å². The van der Waals surface area contributed by atoms with E-state index >= 15 is 0 Å². The minimum Gasteiger partial charge on any atom is -0.454 e. The van der Waals surface area contributed by atoms with Gasteiger partial charge in [0.05, 0.1) is 10.9 Å². The number of nitrogens with zero attached hydrogens (tertiary/aromatic N) is 3. The fourth-order valence-corrected chi connectivity index (χ4v) is 4.68. The van der Waals surface area contributed by atoms with E-state index < -0.39 is 5.97 Å². The Kier molecular flexibility index (Phi) is 4.74. The van der Waals surface area contributed by atoms with E-state index in [1.54, 1.807) is 17.4 Å². The van der Waals surface area contributed by atoms with E-state index in [0.29, 0.717) is 17.2 Å². The molecule has 3 aromatic heterocycles. The van der Waals surface area contributed by atoms with Crippen molar-refractivity contribution in [2.24, 2.45) is 0 Å². The van der Waals surface area contributed by atoms with Gasteiger partial charge in [-0.05, 0) is 43.4 Å². The lowest BCUT2D eigenvalue weighted by atomic mass is 10.1. The van der Waals surface area contributed by atoms with E-state index in [-0.39, 0.29) is 11.8 Å². The number of pyridine rings is 1. The standard InChI is InChI=1S/C18H17ClN4O2S/c19-13-8-10(6-7-21-13)18(24)25-9-14-22-16(20)15-11-4-2-1-3-5-12(11)26-17(15)23-14/h6-8H,1-5,9H2,(H2,20,22,23). The molecule has 0 aliphatic heterocycles. The van der Waals surface area contributed by atoms with Gasteiger partial charge in [0.2, 0.25) is 0 Å². The molecule has 0 spiro atoms. The predicted octanol–water partition coefficient (Wildman–Crippen LogP) is 3.95. The van der Waals surface area contributed by atoms with Crippen LogP contribution in [-0.2, 0) is 24.2 Å². The van der Waals surface area contributed by atoms with Crippen LogP contribution < -0.4 is 5.73 Å². The second-order valence-corrected chi connectivity index (χ2v) is 7.68. The Morgan fingerprint density at radius 2 is 2.12 bits per heavy atom. The van der Waals surface area contributed by atoms with Crippen LogP contribution in [-0.4, -0.2) is 20.9 Å². The van der Waals surface area contributed by atoms with Crippen molar-refractivity contribution in [3.8, 4) is 0 Å². The van der Waals surface area contributed by atoms with E-state index in [0.717, 1.165) is 23.1 Å². The topological polar surface area (TPSA) is 91.0 Å². The third-order valence-electron chi connectivity index (χ3n) is 4.43. The van der Waals surface area contributed by atoms with Crippen molar-refractivity contribution in [2.75, 3.05) is 5.73 Å². The number of halogens is 1. The highest BCUT2D eigenvalue weighted by Gasteiger charge is 2.19. The summed E-state index contributed by atoms with van der Waals surface area (Å²) in [7, 11) is 0. The van der Waals surface area contributed by atoms with Crippen LogP contribution in [0.3, 0.4) is 0 Å². The number of hydrogen-bond acceptors (Lipinski definition) is 7. The number of rotatable bonds is 3. The van der Waals surface area contributed by atoms with Gasteiger partial charge in [0.1, 0.15) is 15.8 Å². The molecule has 8 heteroatoms. The molecule has 3 heterocycles. The molecule has 3 aromatic rings. The largest absolute Gasteiger partial charge is 0.454 e. The SMILES string of the molecule is Nc1nc(COC(=O)c2ccnc(Cl)c2)nc2sc3c(c12)CCCCC3. The van der Waals surface area contributed by atoms with Gasteiger partial charge in [-0.1, -0.05) is 18.0 Å². The third-order valence-corrected chi connectivity index (χ3v) is 5.83. The maximum atomic E-state index is 12.1. The number of hydrogen-bond donors (Lipinski definition) is 1. The number of aromatic nitrogens is 3. The van der Waals surface area contributed by atoms with Crippen molar-refractivity contribution >= 4 is 44.9 Å². The van der Waals surface area contributed by atoms with Crippen LogP contribution in [0.15, 0.2) is 18.3 Å². The first-order valence-corrected chi connectivity index (χ1v) is 9.66. The Bertz CT molecular complexity index is 989. The molecule has 1 aliphatic carbocycles. The molecule has 0 atom stereocenters. The molecule has 0 aromatic carbocycles. The van der Waals surface area contributed by atoms with Crippen LogP contribution in [0.4, 0.5) is 5.82 Å². The van der Waals surface area contributed by atoms with Crippen LogP contribution in [0.5, 0.6) is 0 Å². The first-order valence-electron chi connectivity index (χ1n) is 8.47. The van der Waals surface area contributed by atoms with Crippen molar-refractivity contribution in [3.05, 3.63) is 45.3 Å². The molecule has 2 N–H and O–H groups in total. The first kappa shape index (κ1) is 17.2. The second kappa shape index (κ2) is 7.17. The molecule has 0 fully saturated rings. The van der Waals surface area contributed by atoms with E-state index in [2.05, 4.69) is 15.0 Å². The smallest absolute Gasteiger partial charge is 0.338 e. The molecule has 0 unspecified atom stereocenters. The van der Waals surface area contributed by atoms with Crippen LogP contribution in [0.2, 0.25) is 5.15 Å². The van der Waals surface area contributed by atoms with E-state index in [1.165, 1.54) is 42.0 Å². The first-order chi connectivity index (χ1) is 12.6. The van der Waals surface area contributed by atoms with E-state index in [4.69, 9.17) is 22.1 Å². The maximum Gasteiger partial charge on any atom is 0.338 e. The van der Waals surface area contributed by atoms with Crippen LogP contribution in [0.25, 0.3) is 10.2 Å². The minimum atomic E-state index is -0.501. The number of carbonyl (C=O) groups excluding carboxylic acids is 1. The number of nitrogen functional groups attached to an aromatic ring is 1. The number of nitrogens with two attached hydrogens (primary N) is 1. The molecular weight excluding hydrogens is 372 g/mol. The molecule has 4 rings (SSSR count). The van der Waals surface area contributed by atoms with Gasteiger partial charge in [0.15, 0.2) is 12.4 Å². The fraction of sp³-hybridized carbons (Fsp3) is 0.333. The van der Waals surface area contributed by atoms with Crippen molar-refractivity contribution in [1.82, 2.24) is 15.0 Å². The highest BCUT2D eigenvalue weighted by molar-refractivity contribution is 7.19. The zero-order valence-electron chi connectivity index (χ0n) is 14.0. The lowest BCUT2D eigenvalue weighted by Gasteiger charge is -2.06. The van der Waals surface area contributed by atoms with Gasteiger partial charge < -0.3 is 10.5 Å². The summed E-state index contributed by atoms with van der Waals surface area (Å²) < 4.78 is 5.29. The Hall–Kier alpha value is -2.25. The molecule has 0 saturated heterocycles. The summed E-state index contributed by atoms with van der Waals surface area (Å²) in [5.41, 5.74) is 7.84. The van der Waals surface area contributed by atoms with Gasteiger partial charge in [-0.2, -0.15) is 0 Å². The molecule has 1 aliphatic rings. The van der Waals surface area contributed by atoms with E-state index in [1.807, 2.05) is 0 Å². The Balaban J connectivity index is 1.57. The number of carbonyl (C=O) groups is 1. The van der Waals surface area contributed by atoms with Crippen molar-refractivity contribution in [1.29, 1.82) is 0 Å². The average Bonchev–Trinajstić information content (AvgIpc) is 2.82. The zero-order chi connectivity index (χ0) is 18.1. The molecular formula is C18H17ClN4O2S. The van der Waals surface area contributed by atoms with E-state index in [9.17, 15) is 4.79 Å². The summed E-state index contributed by atoms with van der Waals surface area (Å²) in [6, 6.07) is 3.00. The van der Waals surface area contributed by atoms with Gasteiger partial charge >= 0.3 is 5.97 Å². The Morgan fingerprint density at radius 1 is 1.27 bits per heavy atom. The summed E-state index contributed by atoms with van der Waals surface area (Å²) in [5.74, 6) is 0.367. The lowest BCUT2D eigenvalue weighted by Crippen LogP contribution is -2.08. The van der Waals surface area contributed by atoms with Crippen molar-refractivity contribution < 1.29 is 9.53 Å². The molecule has 0 amide bonds. The number of ether oxygens (including phenoxy) is 1. The highest BCUT2D eigenvalue weighted by atomic mass is 35.5. The van der Waals surface area contributed by atoms with Gasteiger partial charge in [-0.25, -0.2) is 19.7 Å². The number of thiophene rings is 1. The lowest BCUT2D eigenvalue weighted by molar-refractivity contribution is 0.0462. The summed E-state index contributed by atoms with van der Waals surface area (Å²) in [5, 5.41) is 1.21. The van der Waals surface area contributed by atoms with Gasteiger partial charge in [-0.3, -0.25) is 0 Å². The molecule has 134 valence electrons. The van der Waals surface area contributed by atoms with Crippen molar-refractivity contribution in [2.45, 2.75) is 38.7 Å². The quantitative estimate of drug-likeness (QED) is 0.415. The normalized spacial score (nSPS) is 14.0. The van der Waals surface area contributed by atoms with Crippen LogP contribution in [0.1, 0.15) is 45.9 Å². The molecule has 0 radical (unpaired) electrons. The molecule has 0 bridgehead atoms. The summed E-state index contributed by atoms with van der Waals surface area (Å²) in [4.78, 5) is 27.1. The Labute approximate surface area is 159 Å². The molecule has 6 nitrogen and oxygen atoms in total. The predicted molar refractivity (Wildman–Crippen MR) is 101 cm³/mol. The minimum absolute atomic E-state index is 0.0402. The number of anilines is 1. The van der Waals surface area contributed by atoms with Crippen molar-refractivity contribution in [3.63, 3.8) is 0 Å². The second-order valence-electron chi connectivity index (χ2n) is 6.21. The number of aryl methyl sites for hydroxylation is 2. The van der Waals surface area contributed by atoms with Gasteiger partial charge in [0, 0.05) is 11.1 Å². The summed E-state index contributed by atoms with van der Waals surface area (Å²) in [6.07, 6.45) is 7.18. The number of esters is 1. The summed E-state index contributed by atoms with van der Waals surface area (Å²) >= 11 is 7.47. The maximum absolute atomic E-state index is 12.1. The highest BCUT2D eigenvalue weighted by Crippen LogP contribution is 2.37. The molecule has 26 heavy (non-hydrogen) atoms. The third kappa shape index (κ3) is 3.37. The average molecular weight is 389 g/mol. The summed E-state index contributed by atoms with van der Waals surface area (Å²) in [6.45, 7) is -0.0402. The Morgan fingerprint density at radius 3 is 2.96 bits per heavy atom. The fourth-order valence-electron chi connectivity index (χ4n) is 3.22. The monoisotopic (exact) mass is 388 g/mol. The zero-order valence-corrected chi connectivity index (χ0v) is 15.6. The van der Waals surface area contributed by atoms with Gasteiger partial charge in [-0.15, -0.1) is 11.3 Å². The van der Waals surface area contributed by atoms with Crippen LogP contribution >= 0.6 is 22.9 Å². The molecule has 0 saturated carbocycles. The number of fused-ring (bicyclic) bond motifs is 3. The van der Waals surface area contributed by atoms with Crippen LogP contribution in [0, 0.1) is 0 Å².